The quantitative estimate of drug-likeness (QED) is 0.571. The van der Waals surface area contributed by atoms with Crippen molar-refractivity contribution in [1.82, 2.24) is 0 Å². The highest BCUT2D eigenvalue weighted by Crippen LogP contribution is 2.30. The average molecular weight is 379 g/mol. The summed E-state index contributed by atoms with van der Waals surface area (Å²) in [5.41, 5.74) is 8.44. The van der Waals surface area contributed by atoms with Crippen molar-refractivity contribution >= 4 is 12.6 Å². The molecule has 150 valence electrons. The topological polar surface area (TPSA) is 34.1 Å². The van der Waals surface area contributed by atoms with Crippen LogP contribution >= 0.6 is 0 Å². The highest BCUT2D eigenvalue weighted by molar-refractivity contribution is 5.79. The molecule has 28 heavy (non-hydrogen) atoms. The van der Waals surface area contributed by atoms with Gasteiger partial charge in [-0.05, 0) is 83.0 Å². The highest BCUT2D eigenvalue weighted by Gasteiger charge is 2.19. The Balaban J connectivity index is 2.46. The fourth-order valence-electron chi connectivity index (χ4n) is 3.50. The zero-order valence-electron chi connectivity index (χ0n) is 18.7. The summed E-state index contributed by atoms with van der Waals surface area (Å²) >= 11 is 0. The Labute approximate surface area is 170 Å². The van der Waals surface area contributed by atoms with Crippen LogP contribution < -0.4 is 0 Å². The Bertz CT molecular complexity index is 815. The minimum absolute atomic E-state index is 0.00698. The second-order valence-electron chi connectivity index (χ2n) is 9.93. The lowest BCUT2D eigenvalue weighted by atomic mass is 9.81. The minimum Gasteiger partial charge on any atom is -0.298 e. The molecule has 2 aromatic carbocycles. The third kappa shape index (κ3) is 4.79. The summed E-state index contributed by atoms with van der Waals surface area (Å²) in [7, 11) is 0. The number of carbonyl (C=O) groups is 2. The van der Waals surface area contributed by atoms with Crippen molar-refractivity contribution in [3.8, 4) is 0 Å². The molecule has 2 heteroatoms. The molecule has 0 aliphatic heterocycles. The molecular weight excluding hydrogens is 344 g/mol. The Hall–Kier alpha value is -2.22. The van der Waals surface area contributed by atoms with Crippen molar-refractivity contribution in [2.24, 2.45) is 0 Å². The first-order chi connectivity index (χ1) is 12.9. The lowest BCUT2D eigenvalue weighted by Gasteiger charge is -2.23. The molecule has 0 aliphatic carbocycles. The van der Waals surface area contributed by atoms with Crippen LogP contribution in [-0.2, 0) is 23.7 Å². The van der Waals surface area contributed by atoms with E-state index in [0.29, 0.717) is 0 Å². The van der Waals surface area contributed by atoms with Gasteiger partial charge in [0.1, 0.15) is 12.6 Å². The number of carbonyl (C=O) groups excluding carboxylic acids is 2. The summed E-state index contributed by atoms with van der Waals surface area (Å²) in [6.45, 7) is 17.1. The first-order valence-electron chi connectivity index (χ1n) is 10.1. The van der Waals surface area contributed by atoms with E-state index in [4.69, 9.17) is 0 Å². The summed E-state index contributed by atoms with van der Waals surface area (Å²) in [6.07, 6.45) is 3.63. The summed E-state index contributed by atoms with van der Waals surface area (Å²) in [5.74, 6) is 0. The smallest absolute Gasteiger partial charge is 0.150 e. The van der Waals surface area contributed by atoms with Crippen molar-refractivity contribution in [3.63, 3.8) is 0 Å². The van der Waals surface area contributed by atoms with Crippen LogP contribution in [0.4, 0.5) is 0 Å². The van der Waals surface area contributed by atoms with Crippen molar-refractivity contribution in [2.75, 3.05) is 0 Å². The molecule has 2 nitrogen and oxygen atoms in total. The van der Waals surface area contributed by atoms with Crippen molar-refractivity contribution in [3.05, 3.63) is 68.8 Å². The minimum atomic E-state index is -0.00698. The SMILES string of the molecule is Cc1c(C=O)cc(C(C)(C)C)cc1CCc1cc(C(C)(C)C)cc(C=O)c1C. The van der Waals surface area contributed by atoms with Crippen LogP contribution in [0.2, 0.25) is 0 Å². The fraction of sp³-hybridized carbons (Fsp3) is 0.462. The molecule has 0 saturated carbocycles. The van der Waals surface area contributed by atoms with E-state index in [1.54, 1.807) is 0 Å². The molecule has 0 heterocycles. The van der Waals surface area contributed by atoms with Crippen molar-refractivity contribution in [2.45, 2.75) is 79.1 Å². The molecule has 0 fully saturated rings. The monoisotopic (exact) mass is 378 g/mol. The van der Waals surface area contributed by atoms with E-state index < -0.39 is 0 Å². The summed E-state index contributed by atoms with van der Waals surface area (Å²) < 4.78 is 0. The highest BCUT2D eigenvalue weighted by atomic mass is 16.1. The largest absolute Gasteiger partial charge is 0.298 e. The van der Waals surface area contributed by atoms with Crippen LogP contribution in [0.5, 0.6) is 0 Å². The third-order valence-electron chi connectivity index (χ3n) is 5.76. The van der Waals surface area contributed by atoms with Gasteiger partial charge in [0.25, 0.3) is 0 Å². The van der Waals surface area contributed by atoms with Gasteiger partial charge in [-0.1, -0.05) is 53.7 Å². The van der Waals surface area contributed by atoms with Gasteiger partial charge in [0.15, 0.2) is 0 Å². The van der Waals surface area contributed by atoms with Gasteiger partial charge in [0.2, 0.25) is 0 Å². The molecule has 0 atom stereocenters. The molecule has 2 aromatic rings. The predicted octanol–water partition coefficient (Wildman–Crippen LogP) is 6.31. The van der Waals surface area contributed by atoms with E-state index in [9.17, 15) is 9.59 Å². The van der Waals surface area contributed by atoms with Gasteiger partial charge in [0.05, 0.1) is 0 Å². The van der Waals surface area contributed by atoms with E-state index >= 15 is 0 Å². The van der Waals surface area contributed by atoms with E-state index in [2.05, 4.69) is 53.7 Å². The molecular formula is C26H34O2. The lowest BCUT2D eigenvalue weighted by Crippen LogP contribution is -2.14. The normalized spacial score (nSPS) is 12.1. The van der Waals surface area contributed by atoms with E-state index in [1.807, 2.05) is 26.0 Å². The Morgan fingerprint density at radius 2 is 0.964 bits per heavy atom. The van der Waals surface area contributed by atoms with Crippen LogP contribution in [0.3, 0.4) is 0 Å². The van der Waals surface area contributed by atoms with Crippen LogP contribution in [0.1, 0.15) is 95.6 Å². The van der Waals surface area contributed by atoms with Gasteiger partial charge in [-0.2, -0.15) is 0 Å². The van der Waals surface area contributed by atoms with Crippen molar-refractivity contribution in [1.29, 1.82) is 0 Å². The van der Waals surface area contributed by atoms with Gasteiger partial charge >= 0.3 is 0 Å². The predicted molar refractivity (Wildman–Crippen MR) is 118 cm³/mol. The van der Waals surface area contributed by atoms with Crippen LogP contribution in [0, 0.1) is 13.8 Å². The second kappa shape index (κ2) is 8.03. The first-order valence-corrected chi connectivity index (χ1v) is 10.1. The summed E-state index contributed by atoms with van der Waals surface area (Å²) in [5, 5.41) is 0. The van der Waals surface area contributed by atoms with Gasteiger partial charge in [-0.3, -0.25) is 9.59 Å². The number of hydrogen-bond acceptors (Lipinski definition) is 2. The average Bonchev–Trinajstić information content (AvgIpc) is 2.59. The maximum Gasteiger partial charge on any atom is 0.150 e. The van der Waals surface area contributed by atoms with Crippen LogP contribution in [0.25, 0.3) is 0 Å². The molecule has 0 aromatic heterocycles. The molecule has 0 unspecified atom stereocenters. The van der Waals surface area contributed by atoms with E-state index in [1.165, 1.54) is 22.3 Å². The van der Waals surface area contributed by atoms with Gasteiger partial charge < -0.3 is 0 Å². The van der Waals surface area contributed by atoms with E-state index in [-0.39, 0.29) is 10.8 Å². The van der Waals surface area contributed by atoms with Gasteiger partial charge in [0, 0.05) is 11.1 Å². The number of aldehydes is 2. The fourth-order valence-corrected chi connectivity index (χ4v) is 3.50. The van der Waals surface area contributed by atoms with Crippen LogP contribution in [-0.4, -0.2) is 12.6 Å². The molecule has 0 aliphatic rings. The van der Waals surface area contributed by atoms with Crippen LogP contribution in [0.15, 0.2) is 24.3 Å². The first kappa shape index (κ1) is 22.1. The Morgan fingerprint density at radius 1 is 0.643 bits per heavy atom. The van der Waals surface area contributed by atoms with Gasteiger partial charge in [-0.25, -0.2) is 0 Å². The summed E-state index contributed by atoms with van der Waals surface area (Å²) in [4.78, 5) is 23.2. The number of aryl methyl sites for hydroxylation is 2. The Morgan fingerprint density at radius 3 is 1.21 bits per heavy atom. The Kier molecular flexibility index (Phi) is 6.33. The summed E-state index contributed by atoms with van der Waals surface area (Å²) in [6, 6.07) is 8.52. The second-order valence-corrected chi connectivity index (χ2v) is 9.93. The van der Waals surface area contributed by atoms with E-state index in [0.717, 1.165) is 47.7 Å². The number of benzene rings is 2. The molecule has 0 bridgehead atoms. The third-order valence-corrected chi connectivity index (χ3v) is 5.76. The molecule has 0 spiro atoms. The number of rotatable bonds is 5. The lowest BCUT2D eigenvalue weighted by molar-refractivity contribution is 0.111. The molecule has 0 amide bonds. The maximum atomic E-state index is 11.6. The maximum absolute atomic E-state index is 11.6. The molecule has 0 saturated heterocycles. The zero-order chi connectivity index (χ0) is 21.3. The molecule has 0 N–H and O–H groups in total. The number of hydrogen-bond donors (Lipinski definition) is 0. The van der Waals surface area contributed by atoms with Crippen molar-refractivity contribution < 1.29 is 9.59 Å². The molecule has 2 rings (SSSR count). The standard InChI is InChI=1S/C26H34O2/c1-17-19(11-23(25(3,4)5)13-21(17)15-27)9-10-20-12-24(26(6,7)8)14-22(16-28)18(20)2/h11-16H,9-10H2,1-8H3. The zero-order valence-corrected chi connectivity index (χ0v) is 18.7. The molecule has 0 radical (unpaired) electrons. The van der Waals surface area contributed by atoms with Gasteiger partial charge in [-0.15, -0.1) is 0 Å².